The summed E-state index contributed by atoms with van der Waals surface area (Å²) in [6.07, 6.45) is 3.80. The van der Waals surface area contributed by atoms with Gasteiger partial charge >= 0.3 is 0 Å². The van der Waals surface area contributed by atoms with Gasteiger partial charge in [0, 0.05) is 12.6 Å². The summed E-state index contributed by atoms with van der Waals surface area (Å²) in [5, 5.41) is 11.6. The number of halogens is 1. The van der Waals surface area contributed by atoms with E-state index >= 15 is 0 Å². The molecule has 24 heavy (non-hydrogen) atoms. The van der Waals surface area contributed by atoms with Gasteiger partial charge in [-0.1, -0.05) is 12.1 Å². The SMILES string of the molecule is Cn1nnnc1CN1CCCC1c1ncc(-c2ccccc2F)[nH]1. The molecule has 0 spiro atoms. The molecule has 1 N–H and O–H groups in total. The molecule has 124 valence electrons. The van der Waals surface area contributed by atoms with E-state index < -0.39 is 0 Å². The predicted molar refractivity (Wildman–Crippen MR) is 85.2 cm³/mol. The molecule has 1 fully saturated rings. The van der Waals surface area contributed by atoms with Crippen molar-refractivity contribution in [2.24, 2.45) is 7.05 Å². The second-order valence-electron chi connectivity index (χ2n) is 6.01. The topological polar surface area (TPSA) is 75.5 Å². The van der Waals surface area contributed by atoms with Gasteiger partial charge in [-0.25, -0.2) is 14.1 Å². The van der Waals surface area contributed by atoms with E-state index in [4.69, 9.17) is 0 Å². The molecular formula is C16H18FN7. The Hall–Kier alpha value is -2.61. The van der Waals surface area contributed by atoms with Crippen LogP contribution >= 0.6 is 0 Å². The highest BCUT2D eigenvalue weighted by atomic mass is 19.1. The van der Waals surface area contributed by atoms with E-state index in [2.05, 4.69) is 30.4 Å². The van der Waals surface area contributed by atoms with Crippen molar-refractivity contribution in [2.75, 3.05) is 6.54 Å². The number of benzene rings is 1. The van der Waals surface area contributed by atoms with Crippen molar-refractivity contribution in [1.29, 1.82) is 0 Å². The van der Waals surface area contributed by atoms with Crippen LogP contribution in [0.3, 0.4) is 0 Å². The lowest BCUT2D eigenvalue weighted by Crippen LogP contribution is -2.25. The first-order valence-corrected chi connectivity index (χ1v) is 7.97. The average Bonchev–Trinajstić information content (AvgIpc) is 3.30. The first-order chi connectivity index (χ1) is 11.7. The first-order valence-electron chi connectivity index (χ1n) is 7.97. The summed E-state index contributed by atoms with van der Waals surface area (Å²) in [4.78, 5) is 10.1. The lowest BCUT2D eigenvalue weighted by molar-refractivity contribution is 0.231. The van der Waals surface area contributed by atoms with Crippen LogP contribution in [-0.4, -0.2) is 41.6 Å². The molecule has 0 bridgehead atoms. The minimum atomic E-state index is -0.249. The maximum atomic E-state index is 14.0. The molecule has 0 amide bonds. The fourth-order valence-electron chi connectivity index (χ4n) is 3.21. The Balaban J connectivity index is 1.57. The van der Waals surface area contributed by atoms with Crippen LogP contribution in [0.1, 0.15) is 30.5 Å². The summed E-state index contributed by atoms with van der Waals surface area (Å²) in [5.74, 6) is 1.44. The molecule has 0 radical (unpaired) electrons. The van der Waals surface area contributed by atoms with E-state index in [1.165, 1.54) is 6.07 Å². The van der Waals surface area contributed by atoms with Crippen LogP contribution in [0.5, 0.6) is 0 Å². The van der Waals surface area contributed by atoms with E-state index in [1.807, 2.05) is 13.1 Å². The van der Waals surface area contributed by atoms with Gasteiger partial charge in [-0.15, -0.1) is 5.10 Å². The van der Waals surface area contributed by atoms with Gasteiger partial charge in [0.05, 0.1) is 24.5 Å². The number of tetrazole rings is 1. The van der Waals surface area contributed by atoms with Crippen LogP contribution in [-0.2, 0) is 13.6 Å². The zero-order valence-electron chi connectivity index (χ0n) is 13.4. The summed E-state index contributed by atoms with van der Waals surface area (Å²) in [6, 6.07) is 6.89. The quantitative estimate of drug-likeness (QED) is 0.794. The summed E-state index contributed by atoms with van der Waals surface area (Å²) < 4.78 is 15.6. The Labute approximate surface area is 138 Å². The molecule has 1 unspecified atom stereocenters. The van der Waals surface area contributed by atoms with Gasteiger partial charge in [0.1, 0.15) is 11.6 Å². The molecule has 1 aliphatic heterocycles. The maximum Gasteiger partial charge on any atom is 0.165 e. The third-order valence-corrected chi connectivity index (χ3v) is 4.49. The van der Waals surface area contributed by atoms with Crippen molar-refractivity contribution in [1.82, 2.24) is 35.1 Å². The number of aromatic amines is 1. The largest absolute Gasteiger partial charge is 0.341 e. The Morgan fingerprint density at radius 1 is 1.33 bits per heavy atom. The summed E-state index contributed by atoms with van der Waals surface area (Å²) in [7, 11) is 1.84. The van der Waals surface area contributed by atoms with Gasteiger partial charge in [0.2, 0.25) is 0 Å². The second kappa shape index (κ2) is 6.12. The lowest BCUT2D eigenvalue weighted by atomic mass is 10.1. The number of hydrogen-bond acceptors (Lipinski definition) is 5. The van der Waals surface area contributed by atoms with Gasteiger partial charge in [-0.05, 0) is 41.9 Å². The van der Waals surface area contributed by atoms with Gasteiger partial charge in [0.15, 0.2) is 5.82 Å². The van der Waals surface area contributed by atoms with E-state index in [0.717, 1.165) is 31.0 Å². The van der Waals surface area contributed by atoms with E-state index in [9.17, 15) is 4.39 Å². The van der Waals surface area contributed by atoms with Crippen LogP contribution in [0.15, 0.2) is 30.5 Å². The number of nitrogens with one attached hydrogen (secondary N) is 1. The molecule has 3 aromatic rings. The van der Waals surface area contributed by atoms with Crippen LogP contribution in [0.4, 0.5) is 4.39 Å². The monoisotopic (exact) mass is 327 g/mol. The Kier molecular flexibility index (Phi) is 3.81. The van der Waals surface area contributed by atoms with Crippen molar-refractivity contribution < 1.29 is 4.39 Å². The molecule has 0 saturated carbocycles. The molecule has 1 aliphatic rings. The molecule has 2 aromatic heterocycles. The average molecular weight is 327 g/mol. The number of hydrogen-bond donors (Lipinski definition) is 1. The lowest BCUT2D eigenvalue weighted by Gasteiger charge is -2.21. The highest BCUT2D eigenvalue weighted by Gasteiger charge is 2.29. The van der Waals surface area contributed by atoms with Crippen molar-refractivity contribution >= 4 is 0 Å². The van der Waals surface area contributed by atoms with E-state index in [0.29, 0.717) is 17.8 Å². The summed E-state index contributed by atoms with van der Waals surface area (Å²) >= 11 is 0. The van der Waals surface area contributed by atoms with Crippen LogP contribution in [0, 0.1) is 5.82 Å². The van der Waals surface area contributed by atoms with Crippen LogP contribution in [0.25, 0.3) is 11.3 Å². The Morgan fingerprint density at radius 3 is 3.00 bits per heavy atom. The third-order valence-electron chi connectivity index (χ3n) is 4.49. The van der Waals surface area contributed by atoms with Gasteiger partial charge < -0.3 is 4.98 Å². The standard InChI is InChI=1S/C16H18FN7/c1-23-15(20-21-22-23)10-24-8-4-7-14(24)16-18-9-13(19-16)11-5-2-3-6-12(11)17/h2-3,5-6,9,14H,4,7-8,10H2,1H3,(H,18,19). The smallest absolute Gasteiger partial charge is 0.165 e. The fraction of sp³-hybridized carbons (Fsp3) is 0.375. The number of nitrogens with zero attached hydrogens (tertiary/aromatic N) is 6. The molecule has 1 saturated heterocycles. The minimum absolute atomic E-state index is 0.169. The highest BCUT2D eigenvalue weighted by Crippen LogP contribution is 2.32. The number of likely N-dealkylation sites (tertiary alicyclic amines) is 1. The zero-order chi connectivity index (χ0) is 16.5. The zero-order valence-corrected chi connectivity index (χ0v) is 13.4. The van der Waals surface area contributed by atoms with Gasteiger partial charge in [-0.3, -0.25) is 4.90 Å². The van der Waals surface area contributed by atoms with Crippen molar-refractivity contribution in [3.63, 3.8) is 0 Å². The molecule has 7 nitrogen and oxygen atoms in total. The van der Waals surface area contributed by atoms with E-state index in [-0.39, 0.29) is 11.9 Å². The Bertz CT molecular complexity index is 840. The second-order valence-corrected chi connectivity index (χ2v) is 6.01. The van der Waals surface area contributed by atoms with Crippen LogP contribution < -0.4 is 0 Å². The molecule has 0 aliphatic carbocycles. The third kappa shape index (κ3) is 2.69. The number of rotatable bonds is 4. The molecule has 1 atom stereocenters. The molecular weight excluding hydrogens is 309 g/mol. The van der Waals surface area contributed by atoms with E-state index in [1.54, 1.807) is 23.0 Å². The number of imidazole rings is 1. The highest BCUT2D eigenvalue weighted by molar-refractivity contribution is 5.59. The van der Waals surface area contributed by atoms with Crippen molar-refractivity contribution in [2.45, 2.75) is 25.4 Å². The van der Waals surface area contributed by atoms with Crippen LogP contribution in [0.2, 0.25) is 0 Å². The van der Waals surface area contributed by atoms with Crippen molar-refractivity contribution in [3.05, 3.63) is 47.9 Å². The predicted octanol–water partition coefficient (Wildman–Crippen LogP) is 2.08. The summed E-state index contributed by atoms with van der Waals surface area (Å²) in [6.45, 7) is 1.64. The number of aromatic nitrogens is 6. The molecule has 8 heteroatoms. The number of H-pyrrole nitrogens is 1. The maximum absolute atomic E-state index is 14.0. The molecule has 1 aromatic carbocycles. The van der Waals surface area contributed by atoms with Crippen molar-refractivity contribution in [3.8, 4) is 11.3 Å². The van der Waals surface area contributed by atoms with Gasteiger partial charge in [-0.2, -0.15) is 0 Å². The molecule has 4 rings (SSSR count). The minimum Gasteiger partial charge on any atom is -0.341 e. The first kappa shape index (κ1) is 14.9. The summed E-state index contributed by atoms with van der Waals surface area (Å²) in [5.41, 5.74) is 1.24. The van der Waals surface area contributed by atoms with Gasteiger partial charge in [0.25, 0.3) is 0 Å². The Morgan fingerprint density at radius 2 is 2.21 bits per heavy atom. The normalized spacial score (nSPS) is 18.3. The molecule has 3 heterocycles. The number of aryl methyl sites for hydroxylation is 1. The fourth-order valence-corrected chi connectivity index (χ4v) is 3.21.